The topological polar surface area (TPSA) is 92.3 Å². The molecule has 0 spiro atoms. The molecule has 2 aromatic heterocycles. The summed E-state index contributed by atoms with van der Waals surface area (Å²) >= 11 is 0. The third kappa shape index (κ3) is 4.85. The van der Waals surface area contributed by atoms with Crippen LogP contribution in [0.1, 0.15) is 19.7 Å². The Morgan fingerprint density at radius 3 is 2.56 bits per heavy atom. The summed E-state index contributed by atoms with van der Waals surface area (Å²) in [5, 5.41) is 8.52. The molecule has 0 amide bonds. The van der Waals surface area contributed by atoms with E-state index in [1.165, 1.54) is 10.7 Å². The van der Waals surface area contributed by atoms with Crippen molar-refractivity contribution in [2.75, 3.05) is 7.11 Å². The largest absolute Gasteiger partial charge is 0.493 e. The van der Waals surface area contributed by atoms with Crippen molar-refractivity contribution in [2.24, 2.45) is 0 Å². The number of hydrogen-bond acceptors (Lipinski definition) is 7. The van der Waals surface area contributed by atoms with Gasteiger partial charge in [0.05, 0.1) is 25.5 Å². The molecule has 4 aromatic rings. The molecule has 0 atom stereocenters. The van der Waals surface area contributed by atoms with Gasteiger partial charge in [0.15, 0.2) is 11.5 Å². The highest BCUT2D eigenvalue weighted by Gasteiger charge is 2.14. The molecule has 4 rings (SSSR count). The van der Waals surface area contributed by atoms with Crippen LogP contribution >= 0.6 is 0 Å². The number of ether oxygens (including phenoxy) is 2. The van der Waals surface area contributed by atoms with Crippen LogP contribution in [0, 0.1) is 0 Å². The third-order valence-corrected chi connectivity index (χ3v) is 4.73. The maximum atomic E-state index is 12.2. The summed E-state index contributed by atoms with van der Waals surface area (Å²) in [7, 11) is 1.59. The lowest BCUT2D eigenvalue weighted by Crippen LogP contribution is -2.23. The minimum atomic E-state index is -0.185. The van der Waals surface area contributed by atoms with Crippen LogP contribution in [0.25, 0.3) is 22.6 Å². The summed E-state index contributed by atoms with van der Waals surface area (Å²) < 4.78 is 18.0. The smallest absolute Gasteiger partial charge is 0.266 e. The predicted octanol–water partition coefficient (Wildman–Crippen LogP) is 4.00. The van der Waals surface area contributed by atoms with Crippen LogP contribution < -0.4 is 15.0 Å². The van der Waals surface area contributed by atoms with E-state index in [9.17, 15) is 4.79 Å². The highest BCUT2D eigenvalue weighted by atomic mass is 16.5. The van der Waals surface area contributed by atoms with E-state index in [0.29, 0.717) is 36.2 Å². The molecule has 0 bridgehead atoms. The van der Waals surface area contributed by atoms with Crippen molar-refractivity contribution < 1.29 is 14.0 Å². The van der Waals surface area contributed by atoms with Gasteiger partial charge in [-0.15, -0.1) is 0 Å². The maximum absolute atomic E-state index is 12.2. The van der Waals surface area contributed by atoms with Gasteiger partial charge in [0.1, 0.15) is 0 Å². The summed E-state index contributed by atoms with van der Waals surface area (Å²) in [5.41, 5.74) is 2.23. The lowest BCUT2D eigenvalue weighted by atomic mass is 10.1. The van der Waals surface area contributed by atoms with Gasteiger partial charge in [-0.3, -0.25) is 4.79 Å². The number of hydrogen-bond donors (Lipinski definition) is 0. The molecule has 0 aliphatic rings. The fourth-order valence-electron chi connectivity index (χ4n) is 3.21. The first-order valence-electron chi connectivity index (χ1n) is 10.3. The molecule has 0 fully saturated rings. The van der Waals surface area contributed by atoms with Crippen LogP contribution in [-0.2, 0) is 13.0 Å². The summed E-state index contributed by atoms with van der Waals surface area (Å²) in [6, 6.07) is 18.4. The van der Waals surface area contributed by atoms with E-state index in [1.54, 1.807) is 13.2 Å². The number of methoxy groups -OCH3 is 1. The molecule has 0 saturated carbocycles. The Hall–Kier alpha value is -3.94. The van der Waals surface area contributed by atoms with Crippen molar-refractivity contribution in [1.29, 1.82) is 0 Å². The molecule has 8 heteroatoms. The van der Waals surface area contributed by atoms with Crippen LogP contribution in [0.15, 0.2) is 70.0 Å². The molecule has 8 nitrogen and oxygen atoms in total. The van der Waals surface area contributed by atoms with Gasteiger partial charge >= 0.3 is 0 Å². The van der Waals surface area contributed by atoms with E-state index < -0.39 is 0 Å². The fourth-order valence-corrected chi connectivity index (χ4v) is 3.21. The van der Waals surface area contributed by atoms with E-state index in [0.717, 1.165) is 16.8 Å². The normalized spacial score (nSPS) is 11.0. The van der Waals surface area contributed by atoms with Crippen LogP contribution in [0.4, 0.5) is 0 Å². The molecular formula is C24H24N4O4. The van der Waals surface area contributed by atoms with Gasteiger partial charge in [-0.25, -0.2) is 4.68 Å². The average Bonchev–Trinajstić information content (AvgIpc) is 3.28. The zero-order valence-corrected chi connectivity index (χ0v) is 18.2. The van der Waals surface area contributed by atoms with Gasteiger partial charge in [0.2, 0.25) is 11.7 Å². The van der Waals surface area contributed by atoms with Crippen molar-refractivity contribution in [3.63, 3.8) is 0 Å². The van der Waals surface area contributed by atoms with Gasteiger partial charge in [-0.1, -0.05) is 35.5 Å². The van der Waals surface area contributed by atoms with Crippen LogP contribution in [0.2, 0.25) is 0 Å². The second-order valence-electron chi connectivity index (χ2n) is 7.44. The molecule has 0 saturated heterocycles. The van der Waals surface area contributed by atoms with Crippen molar-refractivity contribution in [3.8, 4) is 34.1 Å². The zero-order valence-electron chi connectivity index (χ0n) is 18.2. The molecule has 0 aliphatic heterocycles. The predicted molar refractivity (Wildman–Crippen MR) is 120 cm³/mol. The Morgan fingerprint density at radius 1 is 1.00 bits per heavy atom. The molecule has 0 aliphatic carbocycles. The van der Waals surface area contributed by atoms with Gasteiger partial charge in [0, 0.05) is 23.6 Å². The lowest BCUT2D eigenvalue weighted by molar-refractivity contribution is 0.230. The molecule has 0 N–H and O–H groups in total. The summed E-state index contributed by atoms with van der Waals surface area (Å²) in [6.45, 7) is 4.23. The van der Waals surface area contributed by atoms with E-state index in [-0.39, 0.29) is 11.7 Å². The van der Waals surface area contributed by atoms with Gasteiger partial charge in [0.25, 0.3) is 5.56 Å². The molecule has 0 radical (unpaired) electrons. The number of nitrogens with zero attached hydrogens (tertiary/aromatic N) is 4. The average molecular weight is 432 g/mol. The Balaban J connectivity index is 1.49. The van der Waals surface area contributed by atoms with Crippen molar-refractivity contribution in [1.82, 2.24) is 19.9 Å². The maximum Gasteiger partial charge on any atom is 0.266 e. The molecule has 2 heterocycles. The Bertz CT molecular complexity index is 1250. The second kappa shape index (κ2) is 9.47. The first-order chi connectivity index (χ1) is 15.5. The molecule has 2 aromatic carbocycles. The van der Waals surface area contributed by atoms with E-state index >= 15 is 0 Å². The number of aromatic nitrogens is 4. The van der Waals surface area contributed by atoms with Crippen molar-refractivity contribution in [2.45, 2.75) is 32.9 Å². The van der Waals surface area contributed by atoms with E-state index in [4.69, 9.17) is 14.0 Å². The summed E-state index contributed by atoms with van der Waals surface area (Å²) in [5.74, 6) is 2.10. The number of benzene rings is 2. The lowest BCUT2D eigenvalue weighted by Gasteiger charge is -2.13. The monoisotopic (exact) mass is 432 g/mol. The van der Waals surface area contributed by atoms with Gasteiger partial charge in [-0.2, -0.15) is 10.1 Å². The molecule has 32 heavy (non-hydrogen) atoms. The third-order valence-electron chi connectivity index (χ3n) is 4.73. The molecular weight excluding hydrogens is 408 g/mol. The minimum Gasteiger partial charge on any atom is -0.493 e. The first-order valence-corrected chi connectivity index (χ1v) is 10.3. The quantitative estimate of drug-likeness (QED) is 0.415. The molecule has 164 valence electrons. The Morgan fingerprint density at radius 2 is 1.81 bits per heavy atom. The Kier molecular flexibility index (Phi) is 6.30. The zero-order chi connectivity index (χ0) is 22.5. The number of rotatable bonds is 8. The van der Waals surface area contributed by atoms with E-state index in [1.807, 2.05) is 62.4 Å². The SMILES string of the molecule is COc1cc(-c2noc(CCn3nc(-c4ccccc4)ccc3=O)n2)ccc1OC(C)C. The van der Waals surface area contributed by atoms with Crippen LogP contribution in [-0.4, -0.2) is 33.1 Å². The van der Waals surface area contributed by atoms with Crippen molar-refractivity contribution >= 4 is 0 Å². The molecule has 0 unspecified atom stereocenters. The summed E-state index contributed by atoms with van der Waals surface area (Å²) in [6.07, 6.45) is 0.410. The highest BCUT2D eigenvalue weighted by Crippen LogP contribution is 2.32. The highest BCUT2D eigenvalue weighted by molar-refractivity contribution is 5.61. The minimum absolute atomic E-state index is 0.0314. The van der Waals surface area contributed by atoms with Crippen LogP contribution in [0.5, 0.6) is 11.5 Å². The van der Waals surface area contributed by atoms with Crippen molar-refractivity contribution in [3.05, 3.63) is 76.9 Å². The Labute approximate surface area is 185 Å². The van der Waals surface area contributed by atoms with Gasteiger partial charge in [-0.05, 0) is 38.1 Å². The standard InChI is InChI=1S/C24H24N4O4/c1-16(2)31-20-11-9-18(15-21(20)30-3)24-25-22(32-27-24)13-14-28-23(29)12-10-19(26-28)17-7-5-4-6-8-17/h4-12,15-16H,13-14H2,1-3H3. The van der Waals surface area contributed by atoms with Gasteiger partial charge < -0.3 is 14.0 Å². The number of aryl methyl sites for hydroxylation is 2. The van der Waals surface area contributed by atoms with E-state index in [2.05, 4.69) is 15.2 Å². The second-order valence-corrected chi connectivity index (χ2v) is 7.44. The van der Waals surface area contributed by atoms with Crippen LogP contribution in [0.3, 0.4) is 0 Å². The summed E-state index contributed by atoms with van der Waals surface area (Å²) in [4.78, 5) is 16.7. The fraction of sp³-hybridized carbons (Fsp3) is 0.250. The first kappa shape index (κ1) is 21.3.